The minimum Gasteiger partial charge on any atom is -0.497 e. The molecular formula is C16H22N2O4S. The lowest BCUT2D eigenvalue weighted by Gasteiger charge is -2.27. The summed E-state index contributed by atoms with van der Waals surface area (Å²) in [6.45, 7) is 0.696. The summed E-state index contributed by atoms with van der Waals surface area (Å²) >= 11 is 0. The number of sulfone groups is 1. The second kappa shape index (κ2) is 6.39. The first-order valence-corrected chi connectivity index (χ1v) is 9.72. The van der Waals surface area contributed by atoms with E-state index < -0.39 is 9.84 Å². The zero-order valence-corrected chi connectivity index (χ0v) is 14.0. The molecule has 2 amide bonds. The first-order valence-electron chi connectivity index (χ1n) is 7.90. The van der Waals surface area contributed by atoms with E-state index in [-0.39, 0.29) is 29.6 Å². The van der Waals surface area contributed by atoms with Crippen LogP contribution in [-0.2, 0) is 9.84 Å². The number of hydrogen-bond acceptors (Lipinski definition) is 4. The van der Waals surface area contributed by atoms with E-state index in [0.717, 1.165) is 24.2 Å². The molecule has 0 radical (unpaired) electrons. The highest BCUT2D eigenvalue weighted by molar-refractivity contribution is 7.91. The molecule has 0 aromatic heterocycles. The third-order valence-electron chi connectivity index (χ3n) is 4.57. The Morgan fingerprint density at radius 1 is 1.26 bits per heavy atom. The van der Waals surface area contributed by atoms with Gasteiger partial charge in [-0.05, 0) is 37.0 Å². The molecule has 23 heavy (non-hydrogen) atoms. The van der Waals surface area contributed by atoms with Crippen LogP contribution in [0.15, 0.2) is 24.3 Å². The lowest BCUT2D eigenvalue weighted by Crippen LogP contribution is -2.45. The number of amides is 2. The molecule has 0 aliphatic carbocycles. The van der Waals surface area contributed by atoms with Crippen LogP contribution in [0.25, 0.3) is 0 Å². The van der Waals surface area contributed by atoms with Gasteiger partial charge in [0.25, 0.3) is 0 Å². The molecule has 3 rings (SSSR count). The maximum Gasteiger partial charge on any atom is 0.318 e. The number of ether oxygens (including phenoxy) is 1. The van der Waals surface area contributed by atoms with Gasteiger partial charge in [0, 0.05) is 12.6 Å². The number of methoxy groups -OCH3 is 1. The summed E-state index contributed by atoms with van der Waals surface area (Å²) in [5.74, 6) is 1.01. The summed E-state index contributed by atoms with van der Waals surface area (Å²) in [7, 11) is -1.36. The Morgan fingerprint density at radius 3 is 2.61 bits per heavy atom. The third kappa shape index (κ3) is 3.60. The first kappa shape index (κ1) is 16.1. The van der Waals surface area contributed by atoms with Crippen LogP contribution in [0.4, 0.5) is 4.79 Å². The summed E-state index contributed by atoms with van der Waals surface area (Å²) < 4.78 is 28.2. The summed E-state index contributed by atoms with van der Waals surface area (Å²) in [4.78, 5) is 14.3. The normalized spacial score (nSPS) is 26.2. The molecule has 6 nitrogen and oxygen atoms in total. The Morgan fingerprint density at radius 2 is 2.00 bits per heavy atom. The van der Waals surface area contributed by atoms with Crippen LogP contribution in [0.3, 0.4) is 0 Å². The molecule has 0 spiro atoms. The molecule has 2 fully saturated rings. The van der Waals surface area contributed by atoms with Gasteiger partial charge in [-0.1, -0.05) is 12.1 Å². The first-order chi connectivity index (χ1) is 11.0. The minimum atomic E-state index is -2.99. The molecule has 0 unspecified atom stereocenters. The van der Waals surface area contributed by atoms with Gasteiger partial charge in [0.1, 0.15) is 5.75 Å². The average molecular weight is 338 g/mol. The van der Waals surface area contributed by atoms with Crippen molar-refractivity contribution in [3.05, 3.63) is 29.8 Å². The van der Waals surface area contributed by atoms with Gasteiger partial charge in [-0.3, -0.25) is 0 Å². The van der Waals surface area contributed by atoms with Crippen LogP contribution in [-0.4, -0.2) is 50.6 Å². The second-order valence-electron chi connectivity index (χ2n) is 6.17. The number of nitrogens with one attached hydrogen (secondary N) is 1. The van der Waals surface area contributed by atoms with Crippen LogP contribution in [0.5, 0.6) is 5.75 Å². The topological polar surface area (TPSA) is 75.7 Å². The predicted octanol–water partition coefficient (Wildman–Crippen LogP) is 1.73. The maximum atomic E-state index is 12.5. The fraction of sp³-hybridized carbons (Fsp3) is 0.562. The smallest absolute Gasteiger partial charge is 0.318 e. The van der Waals surface area contributed by atoms with Gasteiger partial charge in [0.05, 0.1) is 24.7 Å². The number of likely N-dealkylation sites (tertiary alicyclic amines) is 1. The van der Waals surface area contributed by atoms with Crippen LogP contribution in [0.1, 0.15) is 30.9 Å². The molecule has 0 saturated carbocycles. The third-order valence-corrected chi connectivity index (χ3v) is 6.34. The van der Waals surface area contributed by atoms with Crippen molar-refractivity contribution in [2.45, 2.75) is 31.3 Å². The van der Waals surface area contributed by atoms with Gasteiger partial charge in [-0.15, -0.1) is 0 Å². The van der Waals surface area contributed by atoms with Crippen LogP contribution in [0.2, 0.25) is 0 Å². The Balaban J connectivity index is 1.67. The van der Waals surface area contributed by atoms with Crippen molar-refractivity contribution >= 4 is 15.9 Å². The number of hydrogen-bond donors (Lipinski definition) is 1. The van der Waals surface area contributed by atoms with Gasteiger partial charge < -0.3 is 15.0 Å². The standard InChI is InChI=1S/C16H22N2O4S/c1-22-14-6-4-12(5-7-14)15-3-2-9-18(15)16(19)17-13-8-10-23(20,21)11-13/h4-7,13,15H,2-3,8-11H2,1H3,(H,17,19)/t13-,15+/m0/s1. The van der Waals surface area contributed by atoms with Crippen LogP contribution >= 0.6 is 0 Å². The largest absolute Gasteiger partial charge is 0.497 e. The fourth-order valence-electron chi connectivity index (χ4n) is 3.35. The zero-order valence-electron chi connectivity index (χ0n) is 13.2. The highest BCUT2D eigenvalue weighted by atomic mass is 32.2. The SMILES string of the molecule is COc1ccc([C@H]2CCCN2C(=O)N[C@H]2CCS(=O)(=O)C2)cc1. The molecule has 1 N–H and O–H groups in total. The van der Waals surface area contributed by atoms with Crippen molar-refractivity contribution in [1.82, 2.24) is 10.2 Å². The molecule has 2 atom stereocenters. The number of carbonyl (C=O) groups is 1. The van der Waals surface area contributed by atoms with E-state index in [9.17, 15) is 13.2 Å². The zero-order chi connectivity index (χ0) is 16.4. The molecule has 2 heterocycles. The minimum absolute atomic E-state index is 0.0407. The van der Waals surface area contributed by atoms with E-state index in [2.05, 4.69) is 5.32 Å². The van der Waals surface area contributed by atoms with Gasteiger partial charge in [-0.2, -0.15) is 0 Å². The quantitative estimate of drug-likeness (QED) is 0.911. The summed E-state index contributed by atoms with van der Waals surface area (Å²) in [5.41, 5.74) is 1.08. The second-order valence-corrected chi connectivity index (χ2v) is 8.40. The van der Waals surface area contributed by atoms with Gasteiger partial charge in [0.15, 0.2) is 9.84 Å². The Kier molecular flexibility index (Phi) is 4.48. The summed E-state index contributed by atoms with van der Waals surface area (Å²) in [6, 6.07) is 7.37. The van der Waals surface area contributed by atoms with Crippen LogP contribution in [0, 0.1) is 0 Å². The van der Waals surface area contributed by atoms with E-state index in [1.807, 2.05) is 29.2 Å². The van der Waals surface area contributed by atoms with E-state index >= 15 is 0 Å². The number of urea groups is 1. The maximum absolute atomic E-state index is 12.5. The molecule has 1 aromatic carbocycles. The molecule has 2 aliphatic rings. The van der Waals surface area contributed by atoms with Crippen molar-refractivity contribution in [3.8, 4) is 5.75 Å². The van der Waals surface area contributed by atoms with Crippen molar-refractivity contribution in [3.63, 3.8) is 0 Å². The molecule has 2 aliphatic heterocycles. The Labute approximate surface area is 136 Å². The number of nitrogens with zero attached hydrogens (tertiary/aromatic N) is 1. The van der Waals surface area contributed by atoms with Crippen molar-refractivity contribution in [2.75, 3.05) is 25.2 Å². The number of benzene rings is 1. The predicted molar refractivity (Wildman–Crippen MR) is 87.3 cm³/mol. The van der Waals surface area contributed by atoms with Gasteiger partial charge in [0.2, 0.25) is 0 Å². The average Bonchev–Trinajstić information content (AvgIpc) is 3.14. The van der Waals surface area contributed by atoms with E-state index in [4.69, 9.17) is 4.74 Å². The molecule has 0 bridgehead atoms. The Bertz CT molecular complexity index is 672. The highest BCUT2D eigenvalue weighted by Gasteiger charge is 2.34. The molecule has 7 heteroatoms. The van der Waals surface area contributed by atoms with Crippen LogP contribution < -0.4 is 10.1 Å². The van der Waals surface area contributed by atoms with E-state index in [1.54, 1.807) is 7.11 Å². The van der Waals surface area contributed by atoms with E-state index in [1.165, 1.54) is 0 Å². The molecule has 2 saturated heterocycles. The summed E-state index contributed by atoms with van der Waals surface area (Å²) in [5, 5.41) is 2.88. The van der Waals surface area contributed by atoms with Gasteiger partial charge in [-0.25, -0.2) is 13.2 Å². The van der Waals surface area contributed by atoms with Crippen molar-refractivity contribution in [2.24, 2.45) is 0 Å². The van der Waals surface area contributed by atoms with Crippen molar-refractivity contribution < 1.29 is 17.9 Å². The molecule has 126 valence electrons. The fourth-order valence-corrected chi connectivity index (χ4v) is 5.02. The number of carbonyl (C=O) groups excluding carboxylic acids is 1. The van der Waals surface area contributed by atoms with E-state index in [0.29, 0.717) is 13.0 Å². The summed E-state index contributed by atoms with van der Waals surface area (Å²) in [6.07, 6.45) is 2.38. The highest BCUT2D eigenvalue weighted by Crippen LogP contribution is 2.32. The van der Waals surface area contributed by atoms with Gasteiger partial charge >= 0.3 is 6.03 Å². The molecular weight excluding hydrogens is 316 g/mol. The lowest BCUT2D eigenvalue weighted by molar-refractivity contribution is 0.190. The Hall–Kier alpha value is -1.76. The monoisotopic (exact) mass is 338 g/mol. The number of rotatable bonds is 3. The lowest BCUT2D eigenvalue weighted by atomic mass is 10.0. The van der Waals surface area contributed by atoms with Crippen molar-refractivity contribution in [1.29, 1.82) is 0 Å². The molecule has 1 aromatic rings.